The Bertz CT molecular complexity index is 555. The first-order chi connectivity index (χ1) is 11.4. The summed E-state index contributed by atoms with van der Waals surface area (Å²) in [5.74, 6) is -0.127. The highest BCUT2D eigenvalue weighted by Gasteiger charge is 2.17. The Morgan fingerprint density at radius 1 is 1.12 bits per heavy atom. The number of rotatable bonds is 5. The predicted octanol–water partition coefficient (Wildman–Crippen LogP) is 1.89. The molecule has 0 radical (unpaired) electrons. The van der Waals surface area contributed by atoms with Crippen molar-refractivity contribution in [3.05, 3.63) is 35.4 Å². The van der Waals surface area contributed by atoms with Crippen molar-refractivity contribution in [2.45, 2.75) is 39.0 Å². The second-order valence-electron chi connectivity index (χ2n) is 7.22. The minimum Gasteiger partial charge on any atom is -0.378 e. The second-order valence-corrected chi connectivity index (χ2v) is 7.22. The van der Waals surface area contributed by atoms with Crippen molar-refractivity contribution in [3.8, 4) is 0 Å². The Balaban J connectivity index is 1.72. The molecule has 2 rings (SSSR count). The Morgan fingerprint density at radius 2 is 1.75 bits per heavy atom. The number of carbonyl (C=O) groups excluding carboxylic acids is 2. The number of nitrogens with one attached hydrogen (secondary N) is 1. The van der Waals surface area contributed by atoms with Crippen molar-refractivity contribution in [1.82, 2.24) is 10.2 Å². The predicted molar refractivity (Wildman–Crippen MR) is 93.9 cm³/mol. The summed E-state index contributed by atoms with van der Waals surface area (Å²) in [6.45, 7) is 8.97. The van der Waals surface area contributed by atoms with E-state index in [1.54, 1.807) is 4.90 Å². The summed E-state index contributed by atoms with van der Waals surface area (Å²) in [5, 5.41) is 2.71. The fourth-order valence-corrected chi connectivity index (χ4v) is 2.62. The smallest absolute Gasteiger partial charge is 0.242 e. The van der Waals surface area contributed by atoms with E-state index in [4.69, 9.17) is 4.74 Å². The van der Waals surface area contributed by atoms with Crippen molar-refractivity contribution in [2.24, 2.45) is 0 Å². The highest BCUT2D eigenvalue weighted by Crippen LogP contribution is 2.22. The first-order valence-electron chi connectivity index (χ1n) is 8.58. The quantitative estimate of drug-likeness (QED) is 0.896. The molecule has 5 nitrogen and oxygen atoms in total. The van der Waals surface area contributed by atoms with Crippen LogP contribution in [-0.2, 0) is 26.2 Å². The molecule has 0 unspecified atom stereocenters. The molecular formula is C19H28N2O3. The van der Waals surface area contributed by atoms with Crippen LogP contribution in [0.2, 0.25) is 0 Å². The molecule has 5 heteroatoms. The van der Waals surface area contributed by atoms with Gasteiger partial charge in [0.05, 0.1) is 19.8 Å². The summed E-state index contributed by atoms with van der Waals surface area (Å²) >= 11 is 0. The van der Waals surface area contributed by atoms with E-state index in [1.807, 2.05) is 0 Å². The van der Waals surface area contributed by atoms with Gasteiger partial charge in [-0.1, -0.05) is 45.0 Å². The van der Waals surface area contributed by atoms with Gasteiger partial charge in [-0.2, -0.15) is 0 Å². The fourth-order valence-electron chi connectivity index (χ4n) is 2.62. The molecule has 1 aromatic rings. The lowest BCUT2D eigenvalue weighted by Crippen LogP contribution is -2.45. The van der Waals surface area contributed by atoms with Gasteiger partial charge in [-0.3, -0.25) is 9.59 Å². The molecular weight excluding hydrogens is 304 g/mol. The third kappa shape index (κ3) is 5.64. The highest BCUT2D eigenvalue weighted by atomic mass is 16.5. The number of carbonyl (C=O) groups is 2. The van der Waals surface area contributed by atoms with Gasteiger partial charge in [0.2, 0.25) is 11.8 Å². The summed E-state index contributed by atoms with van der Waals surface area (Å²) in [4.78, 5) is 25.6. The van der Waals surface area contributed by atoms with Crippen LogP contribution in [0.3, 0.4) is 0 Å². The monoisotopic (exact) mass is 332 g/mol. The molecule has 0 bridgehead atoms. The zero-order valence-electron chi connectivity index (χ0n) is 14.9. The van der Waals surface area contributed by atoms with Crippen molar-refractivity contribution in [1.29, 1.82) is 0 Å². The largest absolute Gasteiger partial charge is 0.378 e. The van der Waals surface area contributed by atoms with Crippen LogP contribution in [-0.4, -0.2) is 49.6 Å². The average molecular weight is 332 g/mol. The molecule has 132 valence electrons. The van der Waals surface area contributed by atoms with E-state index in [0.29, 0.717) is 39.1 Å². The number of benzene rings is 1. The van der Waals surface area contributed by atoms with E-state index in [2.05, 4.69) is 50.4 Å². The van der Waals surface area contributed by atoms with Gasteiger partial charge < -0.3 is 15.0 Å². The van der Waals surface area contributed by atoms with E-state index >= 15 is 0 Å². The van der Waals surface area contributed by atoms with Crippen LogP contribution >= 0.6 is 0 Å². The normalized spacial score (nSPS) is 15.2. The van der Waals surface area contributed by atoms with Gasteiger partial charge in [0, 0.05) is 19.5 Å². The van der Waals surface area contributed by atoms with Gasteiger partial charge in [0.1, 0.15) is 0 Å². The molecule has 1 heterocycles. The molecule has 0 spiro atoms. The van der Waals surface area contributed by atoms with Crippen molar-refractivity contribution >= 4 is 11.8 Å². The zero-order valence-corrected chi connectivity index (χ0v) is 14.9. The van der Waals surface area contributed by atoms with Crippen LogP contribution in [0.1, 0.15) is 38.3 Å². The molecule has 1 N–H and O–H groups in total. The molecule has 1 aliphatic heterocycles. The molecule has 1 fully saturated rings. The number of amides is 2. The van der Waals surface area contributed by atoms with Gasteiger partial charge >= 0.3 is 0 Å². The van der Waals surface area contributed by atoms with Crippen LogP contribution in [0.5, 0.6) is 0 Å². The Kier molecular flexibility index (Phi) is 6.37. The maximum absolute atomic E-state index is 12.0. The number of hydrogen-bond acceptors (Lipinski definition) is 3. The fraction of sp³-hybridized carbons (Fsp3) is 0.579. The maximum Gasteiger partial charge on any atom is 0.242 e. The summed E-state index contributed by atoms with van der Waals surface area (Å²) in [6.07, 6.45) is 1.08. The summed E-state index contributed by atoms with van der Waals surface area (Å²) in [6, 6.07) is 8.39. The van der Waals surface area contributed by atoms with Crippen molar-refractivity contribution < 1.29 is 14.3 Å². The lowest BCUT2D eigenvalue weighted by Gasteiger charge is -2.26. The summed E-state index contributed by atoms with van der Waals surface area (Å²) in [5.41, 5.74) is 2.56. The first-order valence-corrected chi connectivity index (χ1v) is 8.58. The van der Waals surface area contributed by atoms with Crippen molar-refractivity contribution in [2.75, 3.05) is 32.8 Å². The number of ether oxygens (including phenoxy) is 1. The van der Waals surface area contributed by atoms with Gasteiger partial charge in [-0.15, -0.1) is 0 Å². The van der Waals surface area contributed by atoms with Crippen molar-refractivity contribution in [3.63, 3.8) is 0 Å². The van der Waals surface area contributed by atoms with Crippen LogP contribution in [0, 0.1) is 0 Å². The Hall–Kier alpha value is -1.88. The Labute approximate surface area is 144 Å². The summed E-state index contributed by atoms with van der Waals surface area (Å²) < 4.78 is 5.21. The molecule has 1 aromatic carbocycles. The number of hydrogen-bond donors (Lipinski definition) is 1. The van der Waals surface area contributed by atoms with E-state index in [-0.39, 0.29) is 23.8 Å². The lowest BCUT2D eigenvalue weighted by atomic mass is 9.86. The van der Waals surface area contributed by atoms with E-state index in [0.717, 1.165) is 5.56 Å². The van der Waals surface area contributed by atoms with Gasteiger partial charge in [0.15, 0.2) is 0 Å². The topological polar surface area (TPSA) is 58.6 Å². The maximum atomic E-state index is 12.0. The van der Waals surface area contributed by atoms with Crippen LogP contribution in [0.4, 0.5) is 0 Å². The molecule has 0 aromatic heterocycles. The zero-order chi connectivity index (χ0) is 17.6. The minimum atomic E-state index is -0.0866. The standard InChI is InChI=1S/C19H28N2O3/c1-19(2,3)16-7-4-15(5-8-16)6-9-17(22)20-14-18(23)21-10-12-24-13-11-21/h4-5,7-8H,6,9-14H2,1-3H3,(H,20,22). The van der Waals surface area contributed by atoms with Crippen LogP contribution < -0.4 is 5.32 Å². The van der Waals surface area contributed by atoms with Gasteiger partial charge in [-0.25, -0.2) is 0 Å². The van der Waals surface area contributed by atoms with Gasteiger partial charge in [0.25, 0.3) is 0 Å². The van der Waals surface area contributed by atoms with E-state index < -0.39 is 0 Å². The van der Waals surface area contributed by atoms with Crippen LogP contribution in [0.15, 0.2) is 24.3 Å². The minimum absolute atomic E-state index is 0.0406. The van der Waals surface area contributed by atoms with Gasteiger partial charge in [-0.05, 0) is 23.0 Å². The molecule has 24 heavy (non-hydrogen) atoms. The summed E-state index contributed by atoms with van der Waals surface area (Å²) in [7, 11) is 0. The molecule has 2 amide bonds. The molecule has 1 aliphatic rings. The lowest BCUT2D eigenvalue weighted by molar-refractivity contribution is -0.136. The molecule has 0 saturated carbocycles. The number of nitrogens with zero attached hydrogens (tertiary/aromatic N) is 1. The number of morpholine rings is 1. The Morgan fingerprint density at radius 3 is 2.33 bits per heavy atom. The molecule has 1 saturated heterocycles. The van der Waals surface area contributed by atoms with Crippen LogP contribution in [0.25, 0.3) is 0 Å². The van der Waals surface area contributed by atoms with E-state index in [1.165, 1.54) is 5.56 Å². The SMILES string of the molecule is CC(C)(C)c1ccc(CCC(=O)NCC(=O)N2CCOCC2)cc1. The van der Waals surface area contributed by atoms with E-state index in [9.17, 15) is 9.59 Å². The molecule has 0 aliphatic carbocycles. The average Bonchev–Trinajstić information content (AvgIpc) is 2.58. The highest BCUT2D eigenvalue weighted by molar-refractivity contribution is 5.84. The first kappa shape index (κ1) is 18.5. The third-order valence-corrected chi connectivity index (χ3v) is 4.26. The third-order valence-electron chi connectivity index (χ3n) is 4.26. The molecule has 0 atom stereocenters. The number of aryl methyl sites for hydroxylation is 1. The second kappa shape index (κ2) is 8.29.